The highest BCUT2D eigenvalue weighted by molar-refractivity contribution is 5.12. The first-order chi connectivity index (χ1) is 7.70. The van der Waals surface area contributed by atoms with Crippen molar-refractivity contribution in [1.29, 1.82) is 0 Å². The van der Waals surface area contributed by atoms with E-state index in [0.717, 1.165) is 25.7 Å². The summed E-state index contributed by atoms with van der Waals surface area (Å²) >= 11 is 0. The van der Waals surface area contributed by atoms with E-state index in [2.05, 4.69) is 0 Å². The van der Waals surface area contributed by atoms with Crippen LogP contribution in [-0.2, 0) is 9.47 Å². The van der Waals surface area contributed by atoms with Crippen molar-refractivity contribution in [2.24, 2.45) is 0 Å². The van der Waals surface area contributed by atoms with Crippen LogP contribution < -0.4 is 0 Å². The third-order valence-corrected chi connectivity index (χ3v) is 3.83. The van der Waals surface area contributed by atoms with Crippen LogP contribution in [0.2, 0.25) is 0 Å². The molecule has 3 rings (SSSR count). The molecule has 0 amide bonds. The summed E-state index contributed by atoms with van der Waals surface area (Å²) in [5.74, 6) is -0.497. The normalized spacial score (nSPS) is 45.9. The zero-order valence-corrected chi connectivity index (χ0v) is 9.21. The van der Waals surface area contributed by atoms with Crippen molar-refractivity contribution in [3.05, 3.63) is 12.2 Å². The quantitative estimate of drug-likeness (QED) is 0.598. The van der Waals surface area contributed by atoms with Crippen LogP contribution in [0.15, 0.2) is 12.2 Å². The molecule has 0 unspecified atom stereocenters. The Morgan fingerprint density at radius 1 is 1.00 bits per heavy atom. The Kier molecular flexibility index (Phi) is 2.55. The number of hydrogen-bond donors (Lipinski definition) is 2. The highest BCUT2D eigenvalue weighted by Gasteiger charge is 2.51. The van der Waals surface area contributed by atoms with Gasteiger partial charge in [0.2, 0.25) is 0 Å². The lowest BCUT2D eigenvalue weighted by Gasteiger charge is -2.32. The summed E-state index contributed by atoms with van der Waals surface area (Å²) in [7, 11) is 0. The average Bonchev–Trinajstić information content (AvgIpc) is 2.64. The largest absolute Gasteiger partial charge is 0.387 e. The van der Waals surface area contributed by atoms with Gasteiger partial charge in [-0.2, -0.15) is 0 Å². The second-order valence-corrected chi connectivity index (χ2v) is 5.00. The number of ether oxygens (including phenoxy) is 2. The highest BCUT2D eigenvalue weighted by Crippen LogP contribution is 2.43. The second kappa shape index (κ2) is 3.81. The maximum Gasteiger partial charge on any atom is 0.169 e. The van der Waals surface area contributed by atoms with Crippen molar-refractivity contribution in [1.82, 2.24) is 0 Å². The molecule has 0 bridgehead atoms. The Hall–Kier alpha value is -0.420. The molecule has 0 aromatic heterocycles. The van der Waals surface area contributed by atoms with Crippen LogP contribution in [0.3, 0.4) is 0 Å². The lowest BCUT2D eigenvalue weighted by Crippen LogP contribution is -2.45. The molecule has 0 aromatic rings. The van der Waals surface area contributed by atoms with Gasteiger partial charge in [0, 0.05) is 12.8 Å². The van der Waals surface area contributed by atoms with E-state index < -0.39 is 24.1 Å². The summed E-state index contributed by atoms with van der Waals surface area (Å²) in [5, 5.41) is 19.4. The van der Waals surface area contributed by atoms with Gasteiger partial charge >= 0.3 is 0 Å². The zero-order chi connectivity index (χ0) is 11.2. The van der Waals surface area contributed by atoms with Crippen LogP contribution in [0.5, 0.6) is 0 Å². The lowest BCUT2D eigenvalue weighted by molar-refractivity contribution is -0.200. The Balaban J connectivity index is 1.79. The van der Waals surface area contributed by atoms with Crippen molar-refractivity contribution < 1.29 is 19.7 Å². The molecule has 1 spiro atoms. The summed E-state index contributed by atoms with van der Waals surface area (Å²) < 4.78 is 11.8. The van der Waals surface area contributed by atoms with E-state index in [1.54, 1.807) is 6.08 Å². The standard InChI is InChI=1S/C12H18O4/c13-8-4-5-9-11(10(8)14)16-12(15-9)6-2-1-3-7-12/h4-5,8-11,13-14H,1-3,6-7H2/t8-,9+,10+,11+/m0/s1. The molecular formula is C12H18O4. The topological polar surface area (TPSA) is 58.9 Å². The van der Waals surface area contributed by atoms with Gasteiger partial charge in [0.1, 0.15) is 24.4 Å². The third-order valence-electron chi connectivity index (χ3n) is 3.83. The molecule has 1 saturated carbocycles. The predicted octanol–water partition coefficient (Wildman–Crippen LogP) is 0.722. The number of fused-ring (bicyclic) bond motifs is 1. The average molecular weight is 226 g/mol. The fourth-order valence-corrected chi connectivity index (χ4v) is 2.93. The Morgan fingerprint density at radius 3 is 2.50 bits per heavy atom. The maximum atomic E-state index is 9.86. The molecule has 90 valence electrons. The molecule has 2 fully saturated rings. The van der Waals surface area contributed by atoms with Gasteiger partial charge in [0.05, 0.1) is 0 Å². The molecule has 4 heteroatoms. The summed E-state index contributed by atoms with van der Waals surface area (Å²) in [5.41, 5.74) is 0. The molecule has 1 heterocycles. The maximum absolute atomic E-state index is 9.86. The van der Waals surface area contributed by atoms with Gasteiger partial charge in [0.25, 0.3) is 0 Å². The predicted molar refractivity (Wildman–Crippen MR) is 56.7 cm³/mol. The van der Waals surface area contributed by atoms with Gasteiger partial charge in [-0.1, -0.05) is 18.6 Å². The first-order valence-electron chi connectivity index (χ1n) is 6.10. The van der Waals surface area contributed by atoms with Crippen LogP contribution >= 0.6 is 0 Å². The van der Waals surface area contributed by atoms with E-state index in [0.29, 0.717) is 0 Å². The third kappa shape index (κ3) is 1.61. The molecular weight excluding hydrogens is 208 g/mol. The van der Waals surface area contributed by atoms with Crippen molar-refractivity contribution in [3.8, 4) is 0 Å². The van der Waals surface area contributed by atoms with Crippen LogP contribution in [0, 0.1) is 0 Å². The SMILES string of the molecule is O[C@H]1[C@@H]2OC3(CCCCC3)O[C@@H]2C=C[C@@H]1O. The number of rotatable bonds is 0. The van der Waals surface area contributed by atoms with Crippen LogP contribution in [0.25, 0.3) is 0 Å². The molecule has 3 aliphatic rings. The molecule has 0 radical (unpaired) electrons. The van der Waals surface area contributed by atoms with E-state index in [1.807, 2.05) is 6.08 Å². The minimum atomic E-state index is -0.865. The molecule has 1 aliphatic heterocycles. The number of aliphatic hydroxyl groups excluding tert-OH is 2. The monoisotopic (exact) mass is 226 g/mol. The molecule has 2 N–H and O–H groups in total. The second-order valence-electron chi connectivity index (χ2n) is 5.00. The Morgan fingerprint density at radius 2 is 1.75 bits per heavy atom. The first kappa shape index (κ1) is 10.7. The Bertz CT molecular complexity index is 295. The molecule has 4 atom stereocenters. The first-order valence-corrected chi connectivity index (χ1v) is 6.10. The fourth-order valence-electron chi connectivity index (χ4n) is 2.93. The summed E-state index contributed by atoms with van der Waals surface area (Å²) in [6, 6.07) is 0. The van der Waals surface area contributed by atoms with Gasteiger partial charge in [0.15, 0.2) is 5.79 Å². The van der Waals surface area contributed by atoms with E-state index in [-0.39, 0.29) is 6.10 Å². The van der Waals surface area contributed by atoms with Crippen molar-refractivity contribution in [2.75, 3.05) is 0 Å². The summed E-state index contributed by atoms with van der Waals surface area (Å²) in [4.78, 5) is 0. The summed E-state index contributed by atoms with van der Waals surface area (Å²) in [6.07, 6.45) is 6.36. The van der Waals surface area contributed by atoms with E-state index >= 15 is 0 Å². The van der Waals surface area contributed by atoms with Crippen LogP contribution in [0.1, 0.15) is 32.1 Å². The fraction of sp³-hybridized carbons (Fsp3) is 0.833. The summed E-state index contributed by atoms with van der Waals surface area (Å²) in [6.45, 7) is 0. The van der Waals surface area contributed by atoms with E-state index in [4.69, 9.17) is 9.47 Å². The molecule has 1 saturated heterocycles. The van der Waals surface area contributed by atoms with Gasteiger partial charge in [-0.25, -0.2) is 0 Å². The minimum Gasteiger partial charge on any atom is -0.387 e. The minimum absolute atomic E-state index is 0.198. The Labute approximate surface area is 94.9 Å². The highest BCUT2D eigenvalue weighted by atomic mass is 16.8. The lowest BCUT2D eigenvalue weighted by atomic mass is 9.94. The molecule has 4 nitrogen and oxygen atoms in total. The van der Waals surface area contributed by atoms with Crippen molar-refractivity contribution >= 4 is 0 Å². The van der Waals surface area contributed by atoms with Gasteiger partial charge in [-0.3, -0.25) is 0 Å². The van der Waals surface area contributed by atoms with Gasteiger partial charge < -0.3 is 19.7 Å². The number of aliphatic hydroxyl groups is 2. The van der Waals surface area contributed by atoms with Crippen LogP contribution in [0.4, 0.5) is 0 Å². The van der Waals surface area contributed by atoms with Gasteiger partial charge in [-0.15, -0.1) is 0 Å². The molecule has 16 heavy (non-hydrogen) atoms. The smallest absolute Gasteiger partial charge is 0.169 e. The van der Waals surface area contributed by atoms with Crippen molar-refractivity contribution in [3.63, 3.8) is 0 Å². The van der Waals surface area contributed by atoms with Crippen molar-refractivity contribution in [2.45, 2.75) is 62.3 Å². The molecule has 0 aromatic carbocycles. The number of hydrogen-bond acceptors (Lipinski definition) is 4. The van der Waals surface area contributed by atoms with Gasteiger partial charge in [-0.05, 0) is 12.8 Å². The van der Waals surface area contributed by atoms with E-state index in [9.17, 15) is 10.2 Å². The zero-order valence-electron chi connectivity index (χ0n) is 9.21. The van der Waals surface area contributed by atoms with Crippen LogP contribution in [-0.4, -0.2) is 40.4 Å². The van der Waals surface area contributed by atoms with E-state index in [1.165, 1.54) is 6.42 Å². The molecule has 2 aliphatic carbocycles.